The summed E-state index contributed by atoms with van der Waals surface area (Å²) in [5.74, 6) is -0.226. The Balaban J connectivity index is 1.77. The molecule has 1 aliphatic rings. The molecule has 0 spiro atoms. The molecule has 0 saturated carbocycles. The molecule has 0 bridgehead atoms. The average molecular weight is 416 g/mol. The Labute approximate surface area is 176 Å². The van der Waals surface area contributed by atoms with Crippen molar-refractivity contribution < 1.29 is 14.3 Å². The number of hydrogen-bond donors (Lipinski definition) is 1. The van der Waals surface area contributed by atoms with Gasteiger partial charge in [-0.3, -0.25) is 14.5 Å². The number of ether oxygens (including phenoxy) is 1. The molecule has 2 aromatic rings. The first-order valence-electron chi connectivity index (χ1n) is 9.63. The van der Waals surface area contributed by atoms with E-state index in [1.165, 1.54) is 0 Å². The van der Waals surface area contributed by atoms with E-state index in [-0.39, 0.29) is 18.4 Å². The van der Waals surface area contributed by atoms with Crippen LogP contribution in [0.15, 0.2) is 48.5 Å². The van der Waals surface area contributed by atoms with Gasteiger partial charge >= 0.3 is 0 Å². The number of benzene rings is 2. The lowest BCUT2D eigenvalue weighted by atomic mass is 10.0. The van der Waals surface area contributed by atoms with Crippen LogP contribution in [-0.2, 0) is 14.3 Å². The van der Waals surface area contributed by atoms with Crippen LogP contribution in [0.25, 0.3) is 0 Å². The highest BCUT2D eigenvalue weighted by atomic mass is 35.5. The van der Waals surface area contributed by atoms with Crippen molar-refractivity contribution in [2.45, 2.75) is 13.0 Å². The molecule has 29 heavy (non-hydrogen) atoms. The van der Waals surface area contributed by atoms with Crippen LogP contribution in [0.3, 0.4) is 0 Å². The molecule has 1 saturated heterocycles. The largest absolute Gasteiger partial charge is 0.378 e. The minimum atomic E-state index is -0.610. The number of aryl methyl sites for hydroxylation is 1. The minimum absolute atomic E-state index is 0.0112. The fourth-order valence-electron chi connectivity index (χ4n) is 3.34. The van der Waals surface area contributed by atoms with Gasteiger partial charge in [0.2, 0.25) is 11.8 Å². The van der Waals surface area contributed by atoms with Crippen LogP contribution < -0.4 is 5.32 Å². The Morgan fingerprint density at radius 2 is 1.86 bits per heavy atom. The Morgan fingerprint density at radius 3 is 2.52 bits per heavy atom. The number of hydrogen-bond acceptors (Lipinski definition) is 4. The third-order valence-corrected chi connectivity index (χ3v) is 5.40. The van der Waals surface area contributed by atoms with Crippen molar-refractivity contribution in [1.82, 2.24) is 9.80 Å². The van der Waals surface area contributed by atoms with E-state index in [2.05, 4.69) is 5.32 Å². The van der Waals surface area contributed by atoms with Crippen LogP contribution in [0.5, 0.6) is 0 Å². The first-order chi connectivity index (χ1) is 14.0. The molecule has 2 aromatic carbocycles. The lowest BCUT2D eigenvalue weighted by Crippen LogP contribution is -2.47. The lowest BCUT2D eigenvalue weighted by molar-refractivity contribution is -0.137. The number of rotatable bonds is 6. The quantitative estimate of drug-likeness (QED) is 0.787. The van der Waals surface area contributed by atoms with Gasteiger partial charge in [-0.05, 0) is 37.2 Å². The van der Waals surface area contributed by atoms with Gasteiger partial charge in [-0.1, -0.05) is 48.0 Å². The van der Waals surface area contributed by atoms with Gasteiger partial charge in [0.05, 0.1) is 19.8 Å². The summed E-state index contributed by atoms with van der Waals surface area (Å²) in [4.78, 5) is 29.4. The van der Waals surface area contributed by atoms with Crippen LogP contribution >= 0.6 is 11.6 Å². The summed E-state index contributed by atoms with van der Waals surface area (Å²) >= 11 is 6.19. The summed E-state index contributed by atoms with van der Waals surface area (Å²) < 4.78 is 5.31. The summed E-state index contributed by atoms with van der Waals surface area (Å²) in [5, 5.41) is 3.52. The Morgan fingerprint density at radius 1 is 1.17 bits per heavy atom. The molecule has 3 rings (SSSR count). The predicted octanol–water partition coefficient (Wildman–Crippen LogP) is 3.12. The number of nitrogens with one attached hydrogen (secondary N) is 1. The van der Waals surface area contributed by atoms with Gasteiger partial charge in [-0.25, -0.2) is 0 Å². The molecule has 6 nitrogen and oxygen atoms in total. The van der Waals surface area contributed by atoms with Crippen molar-refractivity contribution in [1.29, 1.82) is 0 Å². The number of nitrogens with zero attached hydrogens (tertiary/aromatic N) is 2. The van der Waals surface area contributed by atoms with Crippen LogP contribution in [0.4, 0.5) is 5.69 Å². The van der Waals surface area contributed by atoms with E-state index in [0.717, 1.165) is 11.1 Å². The number of halogens is 1. The molecule has 1 aliphatic heterocycles. The summed E-state index contributed by atoms with van der Waals surface area (Å²) in [5.41, 5.74) is 2.39. The van der Waals surface area contributed by atoms with Gasteiger partial charge in [0, 0.05) is 23.8 Å². The molecule has 2 amide bonds. The highest BCUT2D eigenvalue weighted by Gasteiger charge is 2.28. The van der Waals surface area contributed by atoms with Crippen LogP contribution in [-0.4, -0.2) is 61.5 Å². The van der Waals surface area contributed by atoms with Crippen molar-refractivity contribution in [3.63, 3.8) is 0 Å². The van der Waals surface area contributed by atoms with Crippen molar-refractivity contribution in [2.24, 2.45) is 0 Å². The molecule has 1 unspecified atom stereocenters. The Bertz CT molecular complexity index is 854. The zero-order chi connectivity index (χ0) is 20.8. The van der Waals surface area contributed by atoms with E-state index in [4.69, 9.17) is 16.3 Å². The normalized spacial score (nSPS) is 15.2. The maximum absolute atomic E-state index is 13.2. The number of amides is 2. The lowest BCUT2D eigenvalue weighted by Gasteiger charge is -2.31. The fourth-order valence-corrected chi connectivity index (χ4v) is 3.52. The summed E-state index contributed by atoms with van der Waals surface area (Å²) in [6, 6.07) is 14.3. The highest BCUT2D eigenvalue weighted by Crippen LogP contribution is 2.24. The highest BCUT2D eigenvalue weighted by molar-refractivity contribution is 6.31. The molecular formula is C22H26ClN3O3. The Kier molecular flexibility index (Phi) is 7.25. The smallest absolute Gasteiger partial charge is 0.246 e. The van der Waals surface area contributed by atoms with Gasteiger partial charge in [0.25, 0.3) is 0 Å². The molecule has 1 atom stereocenters. The van der Waals surface area contributed by atoms with E-state index < -0.39 is 6.04 Å². The molecule has 1 fully saturated rings. The first kappa shape index (κ1) is 21.3. The maximum Gasteiger partial charge on any atom is 0.246 e. The van der Waals surface area contributed by atoms with Gasteiger partial charge in [0.1, 0.15) is 6.04 Å². The fraction of sp³-hybridized carbons (Fsp3) is 0.364. The maximum atomic E-state index is 13.2. The second-order valence-corrected chi connectivity index (χ2v) is 7.58. The van der Waals surface area contributed by atoms with Crippen LogP contribution in [0, 0.1) is 6.92 Å². The molecular weight excluding hydrogens is 390 g/mol. The third kappa shape index (κ3) is 5.56. The van der Waals surface area contributed by atoms with Crippen LogP contribution in [0.1, 0.15) is 17.2 Å². The van der Waals surface area contributed by atoms with Gasteiger partial charge in [-0.15, -0.1) is 0 Å². The van der Waals surface area contributed by atoms with E-state index in [0.29, 0.717) is 37.0 Å². The van der Waals surface area contributed by atoms with Crippen molar-refractivity contribution in [3.8, 4) is 0 Å². The summed E-state index contributed by atoms with van der Waals surface area (Å²) in [7, 11) is 1.79. The SMILES string of the molecule is Cc1ccc(NC(=O)C(c2ccccc2)N(C)CC(=O)N2CCOCC2)cc1Cl. The standard InChI is InChI=1S/C22H26ClN3O3/c1-16-8-9-18(14-19(16)23)24-22(28)21(17-6-4-3-5-7-17)25(2)15-20(27)26-10-12-29-13-11-26/h3-9,14,21H,10-13,15H2,1-2H3,(H,24,28). The summed E-state index contributed by atoms with van der Waals surface area (Å²) in [6.45, 7) is 4.30. The molecule has 0 aromatic heterocycles. The minimum Gasteiger partial charge on any atom is -0.378 e. The molecule has 1 heterocycles. The molecule has 154 valence electrons. The second kappa shape index (κ2) is 9.87. The van der Waals surface area contributed by atoms with Crippen molar-refractivity contribution >= 4 is 29.1 Å². The van der Waals surface area contributed by atoms with Crippen molar-refractivity contribution in [2.75, 3.05) is 45.2 Å². The number of carbonyl (C=O) groups is 2. The first-order valence-corrected chi connectivity index (χ1v) is 10.0. The Hall–Kier alpha value is -2.41. The molecule has 7 heteroatoms. The monoisotopic (exact) mass is 415 g/mol. The van der Waals surface area contributed by atoms with E-state index >= 15 is 0 Å². The topological polar surface area (TPSA) is 61.9 Å². The number of anilines is 1. The molecule has 0 radical (unpaired) electrons. The van der Waals surface area contributed by atoms with E-state index in [1.807, 2.05) is 49.4 Å². The van der Waals surface area contributed by atoms with Gasteiger partial charge in [-0.2, -0.15) is 0 Å². The second-order valence-electron chi connectivity index (χ2n) is 7.17. The van der Waals surface area contributed by atoms with Crippen LogP contribution in [0.2, 0.25) is 5.02 Å². The third-order valence-electron chi connectivity index (χ3n) is 4.99. The summed E-state index contributed by atoms with van der Waals surface area (Å²) in [6.07, 6.45) is 0. The van der Waals surface area contributed by atoms with E-state index in [9.17, 15) is 9.59 Å². The predicted molar refractivity (Wildman–Crippen MR) is 114 cm³/mol. The number of likely N-dealkylation sites (N-methyl/N-ethyl adjacent to an activating group) is 1. The van der Waals surface area contributed by atoms with E-state index in [1.54, 1.807) is 22.9 Å². The van der Waals surface area contributed by atoms with Gasteiger partial charge < -0.3 is 15.0 Å². The average Bonchev–Trinajstić information content (AvgIpc) is 2.72. The van der Waals surface area contributed by atoms with Gasteiger partial charge in [0.15, 0.2) is 0 Å². The number of carbonyl (C=O) groups excluding carboxylic acids is 2. The molecule has 0 aliphatic carbocycles. The molecule has 1 N–H and O–H groups in total. The zero-order valence-corrected chi connectivity index (χ0v) is 17.5. The zero-order valence-electron chi connectivity index (χ0n) is 16.7. The van der Waals surface area contributed by atoms with Crippen molar-refractivity contribution in [3.05, 3.63) is 64.7 Å². The number of morpholine rings is 1.